The fourth-order valence-corrected chi connectivity index (χ4v) is 3.27. The Labute approximate surface area is 134 Å². The van der Waals surface area contributed by atoms with Crippen molar-refractivity contribution in [1.29, 1.82) is 0 Å². The summed E-state index contributed by atoms with van der Waals surface area (Å²) in [6.45, 7) is 0.806. The van der Waals surface area contributed by atoms with Crippen LogP contribution in [0.2, 0.25) is 5.02 Å². The van der Waals surface area contributed by atoms with Crippen LogP contribution in [0.25, 0.3) is 0 Å². The summed E-state index contributed by atoms with van der Waals surface area (Å²) in [5.41, 5.74) is 3.28. The summed E-state index contributed by atoms with van der Waals surface area (Å²) >= 11 is 6.27. The molecule has 1 atom stereocenters. The van der Waals surface area contributed by atoms with Crippen molar-refractivity contribution in [3.05, 3.63) is 53.1 Å². The minimum atomic E-state index is 0.185. The molecule has 0 radical (unpaired) electrons. The van der Waals surface area contributed by atoms with Gasteiger partial charge < -0.3 is 4.98 Å². The number of rotatable bonds is 4. The van der Waals surface area contributed by atoms with Gasteiger partial charge >= 0.3 is 0 Å². The van der Waals surface area contributed by atoms with Crippen molar-refractivity contribution in [2.45, 2.75) is 31.6 Å². The zero-order valence-corrected chi connectivity index (χ0v) is 13.1. The molecule has 0 bridgehead atoms. The lowest BCUT2D eigenvalue weighted by molar-refractivity contribution is -0.459. The van der Waals surface area contributed by atoms with Crippen LogP contribution < -0.4 is 4.99 Å². The summed E-state index contributed by atoms with van der Waals surface area (Å²) in [5.74, 6) is 0.463. The third kappa shape index (κ3) is 3.63. The second-order valence-corrected chi connectivity index (χ2v) is 6.11. The number of carbonyl (C=O) groups excluding carboxylic acids is 1. The third-order valence-corrected chi connectivity index (χ3v) is 4.39. The van der Waals surface area contributed by atoms with Gasteiger partial charge in [-0.05, 0) is 11.6 Å². The van der Waals surface area contributed by atoms with Crippen LogP contribution >= 0.6 is 11.6 Å². The molecule has 2 N–H and O–H groups in total. The number of aromatic nitrogens is 2. The van der Waals surface area contributed by atoms with E-state index in [0.717, 1.165) is 41.4 Å². The Bertz CT molecular complexity index is 679. The fourth-order valence-electron chi connectivity index (χ4n) is 2.98. The van der Waals surface area contributed by atoms with Crippen LogP contribution in [0.4, 0.5) is 0 Å². The number of aromatic amines is 1. The highest BCUT2D eigenvalue weighted by Crippen LogP contribution is 2.33. The lowest BCUT2D eigenvalue weighted by Gasteiger charge is -2.21. The molecule has 1 saturated carbocycles. The molecule has 5 heteroatoms. The van der Waals surface area contributed by atoms with E-state index in [-0.39, 0.29) is 11.7 Å². The van der Waals surface area contributed by atoms with Gasteiger partial charge in [0.1, 0.15) is 12.3 Å². The van der Waals surface area contributed by atoms with Gasteiger partial charge in [0.25, 0.3) is 0 Å². The summed E-state index contributed by atoms with van der Waals surface area (Å²) in [6.07, 6.45) is 6.36. The van der Waals surface area contributed by atoms with E-state index in [0.29, 0.717) is 12.8 Å². The lowest BCUT2D eigenvalue weighted by Crippen LogP contribution is -2.74. The van der Waals surface area contributed by atoms with Gasteiger partial charge in [-0.3, -0.25) is 4.79 Å². The second-order valence-electron chi connectivity index (χ2n) is 5.70. The first kappa shape index (κ1) is 15.0. The van der Waals surface area contributed by atoms with Crippen LogP contribution in [0.1, 0.15) is 36.4 Å². The lowest BCUT2D eigenvalue weighted by atomic mass is 9.82. The molecule has 22 heavy (non-hydrogen) atoms. The van der Waals surface area contributed by atoms with Crippen LogP contribution in [0.5, 0.6) is 0 Å². The quantitative estimate of drug-likeness (QED) is 0.901. The standard InChI is InChI=1S/C17H18ClN3O/c18-17-4-2-1-3-16(17)12-7-14(9-15(22)8-12)20-6-5-13-10-19-11-21-13/h1-4,10-12H,5-9H2,(H,19,21)/p+1. The molecular formula is C17H19ClN3O+. The number of nitrogens with one attached hydrogen (secondary N) is 2. The highest BCUT2D eigenvalue weighted by molar-refractivity contribution is 6.31. The van der Waals surface area contributed by atoms with Crippen molar-refractivity contribution in [1.82, 2.24) is 9.97 Å². The molecule has 1 aromatic carbocycles. The number of Topliss-reactive ketones (excluding diaryl/α,β-unsaturated/α-hetero) is 1. The molecular weight excluding hydrogens is 298 g/mol. The van der Waals surface area contributed by atoms with Gasteiger partial charge in [-0.1, -0.05) is 29.8 Å². The van der Waals surface area contributed by atoms with Gasteiger partial charge in [-0.2, -0.15) is 0 Å². The molecule has 0 saturated heterocycles. The normalized spacial score (nSPS) is 20.5. The highest BCUT2D eigenvalue weighted by Gasteiger charge is 2.29. The van der Waals surface area contributed by atoms with Crippen molar-refractivity contribution >= 4 is 23.1 Å². The van der Waals surface area contributed by atoms with Gasteiger partial charge in [0, 0.05) is 42.1 Å². The summed E-state index contributed by atoms with van der Waals surface area (Å²) in [6, 6.07) is 7.81. The predicted molar refractivity (Wildman–Crippen MR) is 86.2 cm³/mol. The first-order valence-electron chi connectivity index (χ1n) is 7.54. The average Bonchev–Trinajstić information content (AvgIpc) is 3.00. The number of carbonyl (C=O) groups is 1. The maximum absolute atomic E-state index is 12.0. The van der Waals surface area contributed by atoms with E-state index >= 15 is 0 Å². The number of hydrogen-bond donors (Lipinski definition) is 2. The smallest absolute Gasteiger partial charge is 0.158 e. The van der Waals surface area contributed by atoms with Crippen molar-refractivity contribution in [2.75, 3.05) is 6.54 Å². The van der Waals surface area contributed by atoms with Crippen molar-refractivity contribution in [2.24, 2.45) is 0 Å². The highest BCUT2D eigenvalue weighted by atomic mass is 35.5. The molecule has 1 aliphatic rings. The molecule has 1 fully saturated rings. The average molecular weight is 317 g/mol. The Balaban J connectivity index is 1.68. The predicted octanol–water partition coefficient (Wildman–Crippen LogP) is 1.66. The maximum atomic E-state index is 12.0. The molecule has 1 aromatic heterocycles. The Morgan fingerprint density at radius 3 is 2.95 bits per heavy atom. The van der Waals surface area contributed by atoms with Crippen LogP contribution in [-0.2, 0) is 11.2 Å². The largest absolute Gasteiger partial charge is 0.348 e. The molecule has 0 spiro atoms. The SMILES string of the molecule is O=C1CC(=[NH+]CCc2cnc[nH]2)CC(c2ccccc2Cl)C1. The molecule has 1 unspecified atom stereocenters. The van der Waals surface area contributed by atoms with Crippen LogP contribution in [0.3, 0.4) is 0 Å². The van der Waals surface area contributed by atoms with Crippen molar-refractivity contribution < 1.29 is 9.79 Å². The molecule has 2 aromatic rings. The van der Waals surface area contributed by atoms with E-state index in [4.69, 9.17) is 11.6 Å². The number of benzene rings is 1. The van der Waals surface area contributed by atoms with Gasteiger partial charge in [0.2, 0.25) is 0 Å². The van der Waals surface area contributed by atoms with Gasteiger partial charge in [0.15, 0.2) is 5.71 Å². The third-order valence-electron chi connectivity index (χ3n) is 4.05. The Morgan fingerprint density at radius 2 is 2.18 bits per heavy atom. The molecule has 1 aliphatic carbocycles. The molecule has 3 rings (SSSR count). The minimum absolute atomic E-state index is 0.185. The van der Waals surface area contributed by atoms with Crippen LogP contribution in [0, 0.1) is 0 Å². The summed E-state index contributed by atoms with van der Waals surface area (Å²) in [7, 11) is 0. The maximum Gasteiger partial charge on any atom is 0.158 e. The van der Waals surface area contributed by atoms with Crippen molar-refractivity contribution in [3.8, 4) is 0 Å². The van der Waals surface area contributed by atoms with E-state index in [1.165, 1.54) is 0 Å². The topological polar surface area (TPSA) is 59.7 Å². The van der Waals surface area contributed by atoms with E-state index in [1.54, 1.807) is 6.33 Å². The van der Waals surface area contributed by atoms with E-state index in [1.807, 2.05) is 30.5 Å². The number of hydrogen-bond acceptors (Lipinski definition) is 2. The number of H-pyrrole nitrogens is 1. The number of ketones is 1. The molecule has 4 nitrogen and oxygen atoms in total. The summed E-state index contributed by atoms with van der Waals surface area (Å²) in [5, 5.41) is 0.749. The van der Waals surface area contributed by atoms with Gasteiger partial charge in [-0.25, -0.2) is 9.98 Å². The number of nitrogens with zero attached hydrogens (tertiary/aromatic N) is 1. The first-order valence-corrected chi connectivity index (χ1v) is 7.92. The van der Waals surface area contributed by atoms with E-state index in [2.05, 4.69) is 15.0 Å². The van der Waals surface area contributed by atoms with E-state index < -0.39 is 0 Å². The Morgan fingerprint density at radius 1 is 1.32 bits per heavy atom. The summed E-state index contributed by atoms with van der Waals surface area (Å²) < 4.78 is 0. The molecule has 0 amide bonds. The zero-order valence-electron chi connectivity index (χ0n) is 12.3. The molecule has 0 aliphatic heterocycles. The molecule has 114 valence electrons. The fraction of sp³-hybridized carbons (Fsp3) is 0.353. The van der Waals surface area contributed by atoms with E-state index in [9.17, 15) is 4.79 Å². The van der Waals surface area contributed by atoms with Crippen LogP contribution in [0.15, 0.2) is 36.8 Å². The Hall–Kier alpha value is -1.94. The zero-order chi connectivity index (χ0) is 15.4. The van der Waals surface area contributed by atoms with Gasteiger partial charge in [0.05, 0.1) is 12.7 Å². The first-order chi connectivity index (χ1) is 10.7. The molecule has 1 heterocycles. The Kier molecular flexibility index (Phi) is 4.68. The van der Waals surface area contributed by atoms with Crippen LogP contribution in [-0.4, -0.2) is 28.0 Å². The van der Waals surface area contributed by atoms with Crippen molar-refractivity contribution in [3.63, 3.8) is 0 Å². The number of halogens is 1. The van der Waals surface area contributed by atoms with Gasteiger partial charge in [-0.15, -0.1) is 0 Å². The minimum Gasteiger partial charge on any atom is -0.348 e. The second kappa shape index (κ2) is 6.88. The summed E-state index contributed by atoms with van der Waals surface area (Å²) in [4.78, 5) is 22.5. The number of imidazole rings is 1. The monoisotopic (exact) mass is 316 g/mol.